The van der Waals surface area contributed by atoms with Gasteiger partial charge in [-0.3, -0.25) is 14.7 Å². The Morgan fingerprint density at radius 3 is 2.33 bits per heavy atom. The Morgan fingerprint density at radius 1 is 0.953 bits per heavy atom. The summed E-state index contributed by atoms with van der Waals surface area (Å²) in [7, 11) is -4.00. The maximum absolute atomic E-state index is 13.4. The fourth-order valence-corrected chi connectivity index (χ4v) is 6.43. The van der Waals surface area contributed by atoms with E-state index < -0.39 is 45.9 Å². The quantitative estimate of drug-likeness (QED) is 0.223. The zero-order valence-electron chi connectivity index (χ0n) is 25.0. The van der Waals surface area contributed by atoms with Crippen LogP contribution >= 0.6 is 11.3 Å². The number of pyridine rings is 2. The van der Waals surface area contributed by atoms with Gasteiger partial charge in [-0.1, -0.05) is 24.3 Å². The number of esters is 1. The topological polar surface area (TPSA) is 128 Å². The van der Waals surface area contributed by atoms with Crippen molar-refractivity contribution in [2.45, 2.75) is 70.1 Å². The van der Waals surface area contributed by atoms with E-state index in [2.05, 4.69) is 14.7 Å². The molecule has 0 saturated carbocycles. The van der Waals surface area contributed by atoms with E-state index in [4.69, 9.17) is 9.47 Å². The van der Waals surface area contributed by atoms with Gasteiger partial charge in [0.1, 0.15) is 28.5 Å². The Morgan fingerprint density at radius 2 is 1.67 bits per heavy atom. The number of aromatic nitrogens is 2. The van der Waals surface area contributed by atoms with Crippen molar-refractivity contribution in [2.75, 3.05) is 11.4 Å². The Labute approximate surface area is 256 Å². The second kappa shape index (κ2) is 12.8. The number of benzene rings is 1. The molecule has 1 aromatic carbocycles. The number of carbonyl (C=O) groups excluding carboxylic acids is 2. The Balaban J connectivity index is 1.73. The van der Waals surface area contributed by atoms with Crippen LogP contribution < -0.4 is 9.62 Å². The number of anilines is 1. The average Bonchev–Trinajstić information content (AvgIpc) is 3.32. The predicted molar refractivity (Wildman–Crippen MR) is 166 cm³/mol. The molecule has 0 aliphatic carbocycles. The molecule has 12 heteroatoms. The van der Waals surface area contributed by atoms with Crippen LogP contribution in [-0.4, -0.2) is 48.2 Å². The van der Waals surface area contributed by atoms with E-state index in [9.17, 15) is 18.0 Å². The van der Waals surface area contributed by atoms with Gasteiger partial charge in [-0.2, -0.15) is 0 Å². The van der Waals surface area contributed by atoms with Crippen LogP contribution in [0, 0.1) is 0 Å². The molecular formula is C31H36N4O6S2. The monoisotopic (exact) mass is 624 g/mol. The number of rotatable bonds is 9. The van der Waals surface area contributed by atoms with Gasteiger partial charge in [0.2, 0.25) is 10.0 Å². The molecule has 1 amide bonds. The number of hydrogen-bond acceptors (Lipinski definition) is 9. The van der Waals surface area contributed by atoms with Crippen LogP contribution in [0.25, 0.3) is 10.1 Å². The molecule has 4 rings (SSSR count). The minimum absolute atomic E-state index is 0.00722. The lowest BCUT2D eigenvalue weighted by molar-refractivity contribution is -0.153. The second-order valence-electron chi connectivity index (χ2n) is 11.9. The first-order valence-electron chi connectivity index (χ1n) is 13.7. The van der Waals surface area contributed by atoms with Crippen molar-refractivity contribution in [2.24, 2.45) is 0 Å². The highest BCUT2D eigenvalue weighted by atomic mass is 32.2. The molecule has 1 unspecified atom stereocenters. The number of fused-ring (bicyclic) bond motifs is 1. The Bertz CT molecular complexity index is 1660. The Hall–Kier alpha value is -3.87. The highest BCUT2D eigenvalue weighted by molar-refractivity contribution is 7.89. The molecule has 1 atom stereocenters. The summed E-state index contributed by atoms with van der Waals surface area (Å²) in [5, 5.41) is 1.05. The third-order valence-electron chi connectivity index (χ3n) is 5.83. The van der Waals surface area contributed by atoms with Gasteiger partial charge in [0.15, 0.2) is 0 Å². The van der Waals surface area contributed by atoms with Crippen molar-refractivity contribution in [3.05, 3.63) is 83.6 Å². The predicted octanol–water partition coefficient (Wildman–Crippen LogP) is 6.04. The first-order valence-corrected chi connectivity index (χ1v) is 16.0. The zero-order valence-corrected chi connectivity index (χ0v) is 26.7. The Kier molecular flexibility index (Phi) is 9.53. The minimum atomic E-state index is -4.00. The van der Waals surface area contributed by atoms with Crippen LogP contribution in [0.4, 0.5) is 10.6 Å². The number of nitrogens with zero attached hydrogens (tertiary/aromatic N) is 3. The van der Waals surface area contributed by atoms with E-state index >= 15 is 0 Å². The van der Waals surface area contributed by atoms with Crippen molar-refractivity contribution in [1.29, 1.82) is 0 Å². The van der Waals surface area contributed by atoms with Crippen molar-refractivity contribution < 1.29 is 27.5 Å². The van der Waals surface area contributed by atoms with Crippen molar-refractivity contribution >= 4 is 49.3 Å². The van der Waals surface area contributed by atoms with Crippen LogP contribution in [0.1, 0.15) is 58.2 Å². The molecule has 0 bridgehead atoms. The van der Waals surface area contributed by atoms with Crippen LogP contribution in [0.2, 0.25) is 0 Å². The highest BCUT2D eigenvalue weighted by Crippen LogP contribution is 2.30. The highest BCUT2D eigenvalue weighted by Gasteiger charge is 2.30. The summed E-state index contributed by atoms with van der Waals surface area (Å²) in [5.74, 6) is -0.538. The molecule has 43 heavy (non-hydrogen) atoms. The number of carbonyl (C=O) groups is 2. The summed E-state index contributed by atoms with van der Waals surface area (Å²) in [6.07, 6.45) is 2.26. The van der Waals surface area contributed by atoms with Gasteiger partial charge in [0.25, 0.3) is 0 Å². The lowest BCUT2D eigenvalue weighted by atomic mass is 10.1. The summed E-state index contributed by atoms with van der Waals surface area (Å²) < 4.78 is 41.7. The fraction of sp³-hybridized carbons (Fsp3) is 0.355. The number of ether oxygens (including phenoxy) is 2. The fourth-order valence-electron chi connectivity index (χ4n) is 4.15. The van der Waals surface area contributed by atoms with Crippen molar-refractivity contribution in [1.82, 2.24) is 14.7 Å². The molecule has 0 aliphatic heterocycles. The lowest BCUT2D eigenvalue weighted by Crippen LogP contribution is -2.42. The van der Waals surface area contributed by atoms with E-state index in [1.807, 2.05) is 30.3 Å². The summed E-state index contributed by atoms with van der Waals surface area (Å²) >= 11 is 1.56. The molecular weight excluding hydrogens is 588 g/mol. The number of amides is 1. The van der Waals surface area contributed by atoms with Crippen molar-refractivity contribution in [3.63, 3.8) is 0 Å². The van der Waals surface area contributed by atoms with E-state index in [0.29, 0.717) is 5.69 Å². The van der Waals surface area contributed by atoms with Crippen LogP contribution in [0.3, 0.4) is 0 Å². The first-order chi connectivity index (χ1) is 20.1. The van der Waals surface area contributed by atoms with Crippen LogP contribution in [0.15, 0.2) is 78.0 Å². The second-order valence-corrected chi connectivity index (χ2v) is 14.8. The van der Waals surface area contributed by atoms with Crippen LogP contribution in [0.5, 0.6) is 0 Å². The molecule has 1 N–H and O–H groups in total. The summed E-state index contributed by atoms with van der Waals surface area (Å²) in [4.78, 5) is 36.8. The van der Waals surface area contributed by atoms with Crippen molar-refractivity contribution in [3.8, 4) is 0 Å². The number of hydrogen-bond donors (Lipinski definition) is 1. The molecule has 3 heterocycles. The number of thiophene rings is 1. The van der Waals surface area contributed by atoms with E-state index in [1.54, 1.807) is 77.1 Å². The average molecular weight is 625 g/mol. The SMILES string of the molecule is CC(C)(C)OC(=O)CN(C(=O)OC(C)(C)C)c1cccc(C(Cc2cc3ccccc3s2)NS(=O)(=O)c2cccnc2)n1. The maximum atomic E-state index is 13.4. The van der Waals surface area contributed by atoms with E-state index in [1.165, 1.54) is 18.5 Å². The van der Waals surface area contributed by atoms with Gasteiger partial charge < -0.3 is 9.47 Å². The summed E-state index contributed by atoms with van der Waals surface area (Å²) in [6.45, 7) is 9.89. The molecule has 0 radical (unpaired) electrons. The molecule has 0 spiro atoms. The number of nitrogens with one attached hydrogen (secondary N) is 1. The normalized spacial score (nSPS) is 13.0. The lowest BCUT2D eigenvalue weighted by Gasteiger charge is -2.28. The van der Waals surface area contributed by atoms with E-state index in [-0.39, 0.29) is 17.1 Å². The third-order valence-corrected chi connectivity index (χ3v) is 8.43. The van der Waals surface area contributed by atoms with Gasteiger partial charge >= 0.3 is 12.1 Å². The van der Waals surface area contributed by atoms with Crippen LogP contribution in [-0.2, 0) is 30.7 Å². The summed E-state index contributed by atoms with van der Waals surface area (Å²) in [5.41, 5.74) is -1.27. The van der Waals surface area contributed by atoms with Gasteiger partial charge in [-0.05, 0) is 83.3 Å². The van der Waals surface area contributed by atoms with Gasteiger partial charge in [-0.25, -0.2) is 22.9 Å². The molecule has 228 valence electrons. The first kappa shape index (κ1) is 32.1. The van der Waals surface area contributed by atoms with E-state index in [0.717, 1.165) is 19.9 Å². The minimum Gasteiger partial charge on any atom is -0.459 e. The standard InChI is InChI=1S/C31H36N4O6S2/c1-30(2,3)40-28(36)20-35(29(37)41-31(4,5)6)27-15-9-13-24(33-27)25(34-43(38,39)23-12-10-16-32-19-23)18-22-17-21-11-7-8-14-26(21)42-22/h7-17,19,25,34H,18,20H2,1-6H3. The smallest absolute Gasteiger partial charge is 0.416 e. The largest absolute Gasteiger partial charge is 0.459 e. The maximum Gasteiger partial charge on any atom is 0.416 e. The van der Waals surface area contributed by atoms with Gasteiger partial charge in [0, 0.05) is 28.4 Å². The molecule has 0 saturated heterocycles. The molecule has 0 aliphatic rings. The number of sulfonamides is 1. The van der Waals surface area contributed by atoms with Gasteiger partial charge in [-0.15, -0.1) is 11.3 Å². The zero-order chi connectivity index (χ0) is 31.4. The van der Waals surface area contributed by atoms with Gasteiger partial charge in [0.05, 0.1) is 11.7 Å². The molecule has 10 nitrogen and oxygen atoms in total. The molecule has 4 aromatic rings. The summed E-state index contributed by atoms with van der Waals surface area (Å²) in [6, 6.07) is 17.0. The molecule has 3 aromatic heterocycles. The molecule has 0 fully saturated rings. The third kappa shape index (κ3) is 9.06.